The van der Waals surface area contributed by atoms with E-state index in [1.807, 2.05) is 6.92 Å². The molecule has 0 aliphatic heterocycles. The van der Waals surface area contributed by atoms with Gasteiger partial charge >= 0.3 is 0 Å². The van der Waals surface area contributed by atoms with Gasteiger partial charge in [-0.25, -0.2) is 0 Å². The first-order chi connectivity index (χ1) is 2.91. The lowest BCUT2D eigenvalue weighted by Crippen LogP contribution is -1.57. The van der Waals surface area contributed by atoms with Gasteiger partial charge < -0.3 is 0 Å². The molecule has 0 aliphatic carbocycles. The van der Waals surface area contributed by atoms with Crippen molar-refractivity contribution in [3.8, 4) is 11.8 Å². The minimum absolute atomic E-state index is 0.466. The van der Waals surface area contributed by atoms with Gasteiger partial charge in [0.05, 0.1) is 5.88 Å². The van der Waals surface area contributed by atoms with Gasteiger partial charge in [0.1, 0.15) is 0 Å². The Morgan fingerprint density at radius 2 is 2.17 bits per heavy atom. The van der Waals surface area contributed by atoms with Crippen LogP contribution in [0, 0.1) is 11.8 Å². The van der Waals surface area contributed by atoms with E-state index in [0.29, 0.717) is 5.88 Å². The maximum atomic E-state index is 5.21. The molecule has 0 nitrogen and oxygen atoms in total. The maximum absolute atomic E-state index is 5.21. The highest BCUT2D eigenvalue weighted by molar-refractivity contribution is 6.19. The van der Waals surface area contributed by atoms with Crippen LogP contribution in [0.1, 0.15) is 13.3 Å². The summed E-state index contributed by atoms with van der Waals surface area (Å²) in [6, 6.07) is 0. The van der Waals surface area contributed by atoms with Gasteiger partial charge in [-0.1, -0.05) is 12.8 Å². The van der Waals surface area contributed by atoms with E-state index in [9.17, 15) is 0 Å². The van der Waals surface area contributed by atoms with Crippen LogP contribution in [0.3, 0.4) is 0 Å². The molecule has 6 heavy (non-hydrogen) atoms. The van der Waals surface area contributed by atoms with E-state index in [1.54, 1.807) is 0 Å². The summed E-state index contributed by atoms with van der Waals surface area (Å²) in [7, 11) is 0. The summed E-state index contributed by atoms with van der Waals surface area (Å²) in [5.41, 5.74) is 0. The number of hydrogen-bond acceptors (Lipinski definition) is 0. The number of hydrogen-bond donors (Lipinski definition) is 0. The molecule has 0 aromatic rings. The van der Waals surface area contributed by atoms with E-state index in [4.69, 9.17) is 11.6 Å². The van der Waals surface area contributed by atoms with E-state index in [1.165, 1.54) is 0 Å². The molecule has 0 amide bonds. The number of alkyl halides is 1. The van der Waals surface area contributed by atoms with Crippen molar-refractivity contribution in [2.24, 2.45) is 0 Å². The zero-order valence-electron chi connectivity index (χ0n) is 3.79. The van der Waals surface area contributed by atoms with Gasteiger partial charge in [0.25, 0.3) is 0 Å². The van der Waals surface area contributed by atoms with Crippen LogP contribution in [0.15, 0.2) is 0 Å². The fourth-order valence-electron chi connectivity index (χ4n) is 0.172. The predicted molar refractivity (Wildman–Crippen MR) is 28.8 cm³/mol. The first-order valence-electron chi connectivity index (χ1n) is 1.93. The largest absolute Gasteiger partial charge is 0.113 e. The van der Waals surface area contributed by atoms with E-state index in [-0.39, 0.29) is 0 Å². The van der Waals surface area contributed by atoms with E-state index < -0.39 is 0 Å². The fraction of sp³-hybridized carbons (Fsp3) is 0.600. The van der Waals surface area contributed by atoms with Gasteiger partial charge in [0, 0.05) is 6.42 Å². The Labute approximate surface area is 43.5 Å². The van der Waals surface area contributed by atoms with Gasteiger partial charge in [0.15, 0.2) is 0 Å². The Balaban J connectivity index is 2.90. The molecule has 34 valence electrons. The maximum Gasteiger partial charge on any atom is 0.0835 e. The van der Waals surface area contributed by atoms with E-state index in [2.05, 4.69) is 11.8 Å². The van der Waals surface area contributed by atoms with Gasteiger partial charge in [-0.2, -0.15) is 0 Å². The third-order valence-corrected chi connectivity index (χ3v) is 0.502. The quantitative estimate of drug-likeness (QED) is 0.322. The minimum atomic E-state index is 0.466. The lowest BCUT2D eigenvalue weighted by molar-refractivity contribution is 1.28. The second kappa shape index (κ2) is 4.85. The molecule has 0 radical (unpaired) electrons. The van der Waals surface area contributed by atoms with Crippen molar-refractivity contribution in [2.75, 3.05) is 5.88 Å². The van der Waals surface area contributed by atoms with Gasteiger partial charge in [-0.05, 0) is 0 Å². The lowest BCUT2D eigenvalue weighted by atomic mass is 10.5. The van der Waals surface area contributed by atoms with Crippen LogP contribution >= 0.6 is 11.6 Å². The van der Waals surface area contributed by atoms with Gasteiger partial charge in [-0.15, -0.1) is 17.5 Å². The SMILES string of the molecule is CCC#CCCl. The van der Waals surface area contributed by atoms with Crippen LogP contribution in [0.5, 0.6) is 0 Å². The smallest absolute Gasteiger partial charge is 0.0835 e. The molecule has 0 atom stereocenters. The van der Waals surface area contributed by atoms with Crippen molar-refractivity contribution in [3.63, 3.8) is 0 Å². The summed E-state index contributed by atoms with van der Waals surface area (Å²) < 4.78 is 0. The van der Waals surface area contributed by atoms with Crippen LogP contribution in [-0.4, -0.2) is 5.88 Å². The van der Waals surface area contributed by atoms with Crippen LogP contribution in [0.4, 0.5) is 0 Å². The summed E-state index contributed by atoms with van der Waals surface area (Å²) in [4.78, 5) is 0. The molecular formula is C5H7Cl. The summed E-state index contributed by atoms with van der Waals surface area (Å²) in [5, 5.41) is 0. The first-order valence-corrected chi connectivity index (χ1v) is 2.47. The van der Waals surface area contributed by atoms with Crippen molar-refractivity contribution < 1.29 is 0 Å². The zero-order chi connectivity index (χ0) is 4.83. The Bertz CT molecular complexity index is 57.7. The van der Waals surface area contributed by atoms with Crippen LogP contribution < -0.4 is 0 Å². The van der Waals surface area contributed by atoms with Gasteiger partial charge in [0.2, 0.25) is 0 Å². The monoisotopic (exact) mass is 102 g/mol. The molecule has 0 aliphatic rings. The normalized spacial score (nSPS) is 6.33. The Morgan fingerprint density at radius 1 is 1.50 bits per heavy atom. The summed E-state index contributed by atoms with van der Waals surface area (Å²) in [6.45, 7) is 2.00. The first kappa shape index (κ1) is 5.85. The average molecular weight is 103 g/mol. The van der Waals surface area contributed by atoms with Crippen molar-refractivity contribution in [2.45, 2.75) is 13.3 Å². The molecule has 0 spiro atoms. The molecule has 0 fully saturated rings. The zero-order valence-corrected chi connectivity index (χ0v) is 4.55. The molecule has 0 aromatic carbocycles. The fourth-order valence-corrected chi connectivity index (χ4v) is 0.267. The molecule has 0 N–H and O–H groups in total. The summed E-state index contributed by atoms with van der Waals surface area (Å²) in [6.07, 6.45) is 0.909. The second-order valence-corrected chi connectivity index (χ2v) is 1.11. The highest BCUT2D eigenvalue weighted by atomic mass is 35.5. The van der Waals surface area contributed by atoms with Crippen LogP contribution in [-0.2, 0) is 0 Å². The average Bonchev–Trinajstić information content (AvgIpc) is 1.61. The molecule has 0 bridgehead atoms. The second-order valence-electron chi connectivity index (χ2n) is 0.841. The molecule has 0 saturated carbocycles. The Kier molecular flexibility index (Phi) is 4.73. The molecule has 0 aromatic heterocycles. The summed E-state index contributed by atoms with van der Waals surface area (Å²) >= 11 is 5.21. The molecule has 0 heterocycles. The Morgan fingerprint density at radius 3 is 2.33 bits per heavy atom. The third kappa shape index (κ3) is 3.85. The van der Waals surface area contributed by atoms with Crippen molar-refractivity contribution >= 4 is 11.6 Å². The molecule has 1 heteroatoms. The molecular weight excluding hydrogens is 95.5 g/mol. The molecule has 0 saturated heterocycles. The van der Waals surface area contributed by atoms with Crippen molar-refractivity contribution in [1.29, 1.82) is 0 Å². The minimum Gasteiger partial charge on any atom is -0.113 e. The molecule has 0 unspecified atom stereocenters. The van der Waals surface area contributed by atoms with Crippen molar-refractivity contribution in [1.82, 2.24) is 0 Å². The van der Waals surface area contributed by atoms with Crippen LogP contribution in [0.25, 0.3) is 0 Å². The standard InChI is InChI=1S/C5H7Cl/c1-2-3-4-5-6/h2,5H2,1H3. The molecule has 0 rings (SSSR count). The lowest BCUT2D eigenvalue weighted by Gasteiger charge is -1.64. The topological polar surface area (TPSA) is 0 Å². The number of rotatable bonds is 0. The third-order valence-electron chi connectivity index (χ3n) is 0.369. The summed E-state index contributed by atoms with van der Waals surface area (Å²) in [5.74, 6) is 6.00. The number of halogens is 1. The predicted octanol–water partition coefficient (Wildman–Crippen LogP) is 1.64. The van der Waals surface area contributed by atoms with E-state index in [0.717, 1.165) is 6.42 Å². The van der Waals surface area contributed by atoms with Crippen molar-refractivity contribution in [3.05, 3.63) is 0 Å². The highest BCUT2D eigenvalue weighted by Gasteiger charge is 1.57. The highest BCUT2D eigenvalue weighted by Crippen LogP contribution is 1.69. The Hall–Kier alpha value is -0.150. The van der Waals surface area contributed by atoms with Gasteiger partial charge in [-0.3, -0.25) is 0 Å². The van der Waals surface area contributed by atoms with Crippen LogP contribution in [0.2, 0.25) is 0 Å². The van der Waals surface area contributed by atoms with E-state index >= 15 is 0 Å².